The quantitative estimate of drug-likeness (QED) is 0.509. The summed E-state index contributed by atoms with van der Waals surface area (Å²) in [4.78, 5) is 24.8. The normalized spacial score (nSPS) is 13.5. The molecule has 0 saturated heterocycles. The molecule has 0 radical (unpaired) electrons. The number of phenolic OH excluding ortho intramolecular Hbond substituents is 1. The second-order valence-corrected chi connectivity index (χ2v) is 8.53. The minimum absolute atomic E-state index is 0.0833. The maximum atomic E-state index is 12.6. The summed E-state index contributed by atoms with van der Waals surface area (Å²) in [5, 5.41) is 30.8. The Bertz CT molecular complexity index is 1140. The van der Waals surface area contributed by atoms with Gasteiger partial charge in [0.25, 0.3) is 0 Å². The Hall–Kier alpha value is -2.99. The Morgan fingerprint density at radius 3 is 2.37 bits per heavy atom. The molecule has 1 heterocycles. The second-order valence-electron chi connectivity index (χ2n) is 8.10. The Kier molecular flexibility index (Phi) is 5.56. The van der Waals surface area contributed by atoms with E-state index in [0.29, 0.717) is 28.7 Å². The number of fused-ring (bicyclic) bond motifs is 1. The second kappa shape index (κ2) is 7.69. The van der Waals surface area contributed by atoms with Crippen LogP contribution in [-0.4, -0.2) is 31.8 Å². The highest BCUT2D eigenvalue weighted by molar-refractivity contribution is 6.30. The highest BCUT2D eigenvalue weighted by atomic mass is 35.5. The van der Waals surface area contributed by atoms with Crippen molar-refractivity contribution in [1.82, 2.24) is 4.57 Å². The predicted molar refractivity (Wildman–Crippen MR) is 116 cm³/mol. The van der Waals surface area contributed by atoms with Gasteiger partial charge in [0, 0.05) is 28.2 Å². The molecule has 0 aliphatic heterocycles. The molecule has 1 unspecified atom stereocenters. The molecule has 0 bridgehead atoms. The summed E-state index contributed by atoms with van der Waals surface area (Å²) in [5.74, 6) is -2.19. The number of aromatic carboxylic acids is 1. The van der Waals surface area contributed by atoms with Crippen molar-refractivity contribution in [2.45, 2.75) is 39.7 Å². The Balaban J connectivity index is 2.47. The number of hydrogen-bond donors (Lipinski definition) is 3. The Morgan fingerprint density at radius 2 is 1.83 bits per heavy atom. The van der Waals surface area contributed by atoms with Gasteiger partial charge >= 0.3 is 11.9 Å². The van der Waals surface area contributed by atoms with Crippen LogP contribution in [-0.2, 0) is 16.8 Å². The van der Waals surface area contributed by atoms with Gasteiger partial charge in [-0.25, -0.2) is 4.79 Å². The van der Waals surface area contributed by atoms with E-state index in [1.807, 2.05) is 18.4 Å². The SMILES string of the molecule is Cc1c(C(=O)O)c2c(C(C)(C(=O)O)c3cc(O)cc(Cl)c3)cccc2n1CC(C)C. The van der Waals surface area contributed by atoms with Crippen molar-refractivity contribution in [3.63, 3.8) is 0 Å². The number of hydrogen-bond acceptors (Lipinski definition) is 3. The summed E-state index contributed by atoms with van der Waals surface area (Å²) in [6.45, 7) is 7.90. The van der Waals surface area contributed by atoms with Crippen LogP contribution in [0.1, 0.15) is 48.0 Å². The molecule has 2 aromatic carbocycles. The molecule has 0 amide bonds. The van der Waals surface area contributed by atoms with Crippen molar-refractivity contribution in [2.75, 3.05) is 0 Å². The lowest BCUT2D eigenvalue weighted by Gasteiger charge is -2.27. The Morgan fingerprint density at radius 1 is 1.17 bits per heavy atom. The third-order valence-corrected chi connectivity index (χ3v) is 5.76. The summed E-state index contributed by atoms with van der Waals surface area (Å²) in [5.41, 5.74) is 0.271. The van der Waals surface area contributed by atoms with Crippen molar-refractivity contribution in [1.29, 1.82) is 0 Å². The van der Waals surface area contributed by atoms with Crippen molar-refractivity contribution < 1.29 is 24.9 Å². The molecule has 6 nitrogen and oxygen atoms in total. The third kappa shape index (κ3) is 3.41. The van der Waals surface area contributed by atoms with Gasteiger partial charge in [-0.05, 0) is 55.2 Å². The lowest BCUT2D eigenvalue weighted by atomic mass is 9.74. The van der Waals surface area contributed by atoms with Gasteiger partial charge in [0.05, 0.1) is 5.56 Å². The van der Waals surface area contributed by atoms with Gasteiger partial charge in [-0.2, -0.15) is 0 Å². The first kappa shape index (κ1) is 21.7. The summed E-state index contributed by atoms with van der Waals surface area (Å²) >= 11 is 6.08. The fourth-order valence-corrected chi connectivity index (χ4v) is 4.29. The van der Waals surface area contributed by atoms with Crippen molar-refractivity contribution in [3.05, 3.63) is 63.8 Å². The topological polar surface area (TPSA) is 99.8 Å². The van der Waals surface area contributed by atoms with Crippen molar-refractivity contribution in [3.8, 4) is 5.75 Å². The molecule has 0 fully saturated rings. The lowest BCUT2D eigenvalue weighted by Crippen LogP contribution is -2.34. The van der Waals surface area contributed by atoms with Gasteiger partial charge in [0.1, 0.15) is 11.2 Å². The number of nitrogens with zero attached hydrogens (tertiary/aromatic N) is 1. The number of aromatic hydroxyl groups is 1. The minimum Gasteiger partial charge on any atom is -0.508 e. The first-order valence-electron chi connectivity index (χ1n) is 9.57. The lowest BCUT2D eigenvalue weighted by molar-refractivity contribution is -0.141. The third-order valence-electron chi connectivity index (χ3n) is 5.54. The zero-order valence-corrected chi connectivity index (χ0v) is 18.0. The maximum Gasteiger partial charge on any atom is 0.338 e. The largest absolute Gasteiger partial charge is 0.508 e. The fraction of sp³-hybridized carbons (Fsp3) is 0.304. The first-order chi connectivity index (χ1) is 14.0. The number of phenols is 1. The van der Waals surface area contributed by atoms with Crippen LogP contribution in [0.15, 0.2) is 36.4 Å². The van der Waals surface area contributed by atoms with Crippen LogP contribution < -0.4 is 0 Å². The molecule has 3 aromatic rings. The van der Waals surface area contributed by atoms with E-state index in [1.54, 1.807) is 25.1 Å². The first-order valence-corrected chi connectivity index (χ1v) is 9.95. The molecule has 3 rings (SSSR count). The standard InChI is InChI=1S/C23H24ClNO5/c1-12(2)11-25-13(3)19(21(27)28)20-17(6-5-7-18(20)25)23(4,22(29)30)14-8-15(24)10-16(26)9-14/h5-10,12,26H,11H2,1-4H3,(H,27,28)(H,29,30). The maximum absolute atomic E-state index is 12.6. The van der Waals surface area contributed by atoms with Crippen LogP contribution in [0.3, 0.4) is 0 Å². The molecule has 1 atom stereocenters. The minimum atomic E-state index is -1.64. The van der Waals surface area contributed by atoms with Gasteiger partial charge < -0.3 is 19.9 Å². The Labute approximate surface area is 179 Å². The molecule has 7 heteroatoms. The fourth-order valence-electron chi connectivity index (χ4n) is 4.06. The van der Waals surface area contributed by atoms with Crippen molar-refractivity contribution >= 4 is 34.4 Å². The van der Waals surface area contributed by atoms with Crippen LogP contribution in [0.2, 0.25) is 5.02 Å². The number of benzene rings is 2. The van der Waals surface area contributed by atoms with Gasteiger partial charge in [-0.3, -0.25) is 4.79 Å². The van der Waals surface area contributed by atoms with E-state index in [4.69, 9.17) is 11.6 Å². The number of carboxylic acids is 2. The number of carbonyl (C=O) groups is 2. The average Bonchev–Trinajstić information content (AvgIpc) is 2.91. The number of carboxylic acid groups (broad SMARTS) is 2. The number of halogens is 1. The highest BCUT2D eigenvalue weighted by Gasteiger charge is 2.41. The van der Waals surface area contributed by atoms with Crippen LogP contribution >= 0.6 is 11.6 Å². The smallest absolute Gasteiger partial charge is 0.338 e. The van der Waals surface area contributed by atoms with Gasteiger partial charge in [-0.1, -0.05) is 37.6 Å². The van der Waals surface area contributed by atoms with E-state index >= 15 is 0 Å². The van der Waals surface area contributed by atoms with E-state index < -0.39 is 17.4 Å². The van der Waals surface area contributed by atoms with Crippen LogP contribution in [0.5, 0.6) is 5.75 Å². The van der Waals surface area contributed by atoms with Gasteiger partial charge in [-0.15, -0.1) is 0 Å². The summed E-state index contributed by atoms with van der Waals surface area (Å²) < 4.78 is 1.92. The number of aromatic nitrogens is 1. The van der Waals surface area contributed by atoms with Crippen molar-refractivity contribution in [2.24, 2.45) is 5.92 Å². The van der Waals surface area contributed by atoms with E-state index in [1.165, 1.54) is 25.1 Å². The molecular formula is C23H24ClNO5. The van der Waals surface area contributed by atoms with Crippen LogP contribution in [0.4, 0.5) is 0 Å². The van der Waals surface area contributed by atoms with Crippen LogP contribution in [0.25, 0.3) is 10.9 Å². The molecule has 3 N–H and O–H groups in total. The monoisotopic (exact) mass is 429 g/mol. The van der Waals surface area contributed by atoms with Gasteiger partial charge in [0.2, 0.25) is 0 Å². The zero-order valence-electron chi connectivity index (χ0n) is 17.2. The van der Waals surface area contributed by atoms with E-state index in [0.717, 1.165) is 0 Å². The molecule has 0 aliphatic rings. The van der Waals surface area contributed by atoms with E-state index in [9.17, 15) is 24.9 Å². The number of aliphatic carboxylic acids is 1. The summed E-state index contributed by atoms with van der Waals surface area (Å²) in [6.07, 6.45) is 0. The van der Waals surface area contributed by atoms with Gasteiger partial charge in [0.15, 0.2) is 0 Å². The van der Waals surface area contributed by atoms with E-state index in [-0.39, 0.29) is 27.8 Å². The molecule has 0 aliphatic carbocycles. The zero-order chi connectivity index (χ0) is 22.4. The molecule has 0 spiro atoms. The highest BCUT2D eigenvalue weighted by Crippen LogP contribution is 2.41. The molecule has 1 aromatic heterocycles. The van der Waals surface area contributed by atoms with E-state index in [2.05, 4.69) is 0 Å². The molecular weight excluding hydrogens is 406 g/mol. The molecule has 0 saturated carbocycles. The average molecular weight is 430 g/mol. The summed E-state index contributed by atoms with van der Waals surface area (Å²) in [6, 6.07) is 9.30. The molecule has 158 valence electrons. The summed E-state index contributed by atoms with van der Waals surface area (Å²) in [7, 11) is 0. The number of rotatable bonds is 6. The molecule has 30 heavy (non-hydrogen) atoms. The predicted octanol–water partition coefficient (Wildman–Crippen LogP) is 5.05. The van der Waals surface area contributed by atoms with Crippen LogP contribution in [0, 0.1) is 12.8 Å².